The first kappa shape index (κ1) is 18.3. The second-order valence-electron chi connectivity index (χ2n) is 6.52. The number of pyridine rings is 1. The van der Waals surface area contributed by atoms with Crippen LogP contribution in [0.5, 0.6) is 0 Å². The van der Waals surface area contributed by atoms with Gasteiger partial charge in [0.05, 0.1) is 5.56 Å². The summed E-state index contributed by atoms with van der Waals surface area (Å²) in [5.74, 6) is -1.02. The van der Waals surface area contributed by atoms with Crippen molar-refractivity contribution in [2.24, 2.45) is 5.41 Å². The molecule has 1 amide bonds. The predicted molar refractivity (Wildman–Crippen MR) is 93.4 cm³/mol. The quantitative estimate of drug-likeness (QED) is 0.668. The third-order valence-electron chi connectivity index (χ3n) is 3.40. The number of carbonyl (C=O) groups excluding carboxylic acids is 3. The van der Waals surface area contributed by atoms with Gasteiger partial charge in [0.25, 0.3) is 0 Å². The average Bonchev–Trinajstić information content (AvgIpc) is 2.60. The van der Waals surface area contributed by atoms with Gasteiger partial charge in [0.15, 0.2) is 12.4 Å². The number of ketones is 1. The van der Waals surface area contributed by atoms with E-state index in [4.69, 9.17) is 4.74 Å². The Morgan fingerprint density at radius 1 is 0.960 bits per heavy atom. The van der Waals surface area contributed by atoms with Crippen LogP contribution >= 0.6 is 0 Å². The number of carbonyl (C=O) groups is 3. The molecular weight excluding hydrogens is 320 g/mol. The summed E-state index contributed by atoms with van der Waals surface area (Å²) in [4.78, 5) is 39.6. The number of Topliss-reactive ketones (excluding diaryl/α,β-unsaturated/α-hetero) is 1. The lowest BCUT2D eigenvalue weighted by Gasteiger charge is -2.17. The van der Waals surface area contributed by atoms with E-state index in [-0.39, 0.29) is 18.3 Å². The van der Waals surface area contributed by atoms with Gasteiger partial charge in [-0.25, -0.2) is 4.79 Å². The zero-order valence-corrected chi connectivity index (χ0v) is 14.4. The van der Waals surface area contributed by atoms with E-state index in [1.165, 1.54) is 24.5 Å². The fourth-order valence-electron chi connectivity index (χ4n) is 1.84. The molecule has 0 spiro atoms. The van der Waals surface area contributed by atoms with Gasteiger partial charge in [0.1, 0.15) is 0 Å². The Bertz CT molecular complexity index is 762. The zero-order valence-electron chi connectivity index (χ0n) is 14.4. The molecule has 0 aliphatic heterocycles. The fraction of sp³-hybridized carbons (Fsp3) is 0.263. The van der Waals surface area contributed by atoms with E-state index in [0.29, 0.717) is 16.8 Å². The minimum atomic E-state index is -0.579. The maximum Gasteiger partial charge on any atom is 0.338 e. The largest absolute Gasteiger partial charge is 0.454 e. The van der Waals surface area contributed by atoms with Crippen LogP contribution in [0, 0.1) is 5.41 Å². The number of benzene rings is 1. The van der Waals surface area contributed by atoms with E-state index < -0.39 is 11.4 Å². The van der Waals surface area contributed by atoms with E-state index in [0.717, 1.165) is 0 Å². The molecular formula is C19H20N2O4. The molecule has 25 heavy (non-hydrogen) atoms. The molecule has 130 valence electrons. The molecule has 0 radical (unpaired) electrons. The number of hydrogen-bond donors (Lipinski definition) is 1. The normalized spacial score (nSPS) is 10.8. The van der Waals surface area contributed by atoms with Crippen molar-refractivity contribution in [3.63, 3.8) is 0 Å². The van der Waals surface area contributed by atoms with Crippen molar-refractivity contribution in [3.05, 3.63) is 59.9 Å². The smallest absolute Gasteiger partial charge is 0.338 e. The molecule has 1 aromatic heterocycles. The van der Waals surface area contributed by atoms with E-state index in [2.05, 4.69) is 10.3 Å². The maximum absolute atomic E-state index is 12.1. The molecule has 0 bridgehead atoms. The Kier molecular flexibility index (Phi) is 5.64. The molecule has 0 aliphatic carbocycles. The maximum atomic E-state index is 12.1. The summed E-state index contributed by atoms with van der Waals surface area (Å²) in [5.41, 5.74) is 0.833. The van der Waals surface area contributed by atoms with Crippen LogP contribution < -0.4 is 5.32 Å². The van der Waals surface area contributed by atoms with Crippen LogP contribution in [0.1, 0.15) is 41.5 Å². The van der Waals surface area contributed by atoms with Crippen LogP contribution in [0.15, 0.2) is 48.8 Å². The number of rotatable bonds is 5. The van der Waals surface area contributed by atoms with Crippen molar-refractivity contribution in [3.8, 4) is 0 Å². The summed E-state index contributed by atoms with van der Waals surface area (Å²) in [6.45, 7) is 5.10. The standard InChI is InChI=1S/C19H20N2O4/c1-19(2,3)18(24)21-15-6-4-13(5-7-15)16(22)12-25-17(23)14-8-10-20-11-9-14/h4-11H,12H2,1-3H3,(H,21,24). The number of aromatic nitrogens is 1. The van der Waals surface area contributed by atoms with Gasteiger partial charge in [-0.2, -0.15) is 0 Å². The highest BCUT2D eigenvalue weighted by Gasteiger charge is 2.21. The van der Waals surface area contributed by atoms with Gasteiger partial charge in [0, 0.05) is 29.1 Å². The molecule has 1 heterocycles. The number of esters is 1. The van der Waals surface area contributed by atoms with E-state index in [9.17, 15) is 14.4 Å². The van der Waals surface area contributed by atoms with E-state index in [1.807, 2.05) is 20.8 Å². The van der Waals surface area contributed by atoms with Crippen LogP contribution in [-0.2, 0) is 9.53 Å². The lowest BCUT2D eigenvalue weighted by Crippen LogP contribution is -2.27. The van der Waals surface area contributed by atoms with Gasteiger partial charge in [0.2, 0.25) is 5.91 Å². The molecule has 0 unspecified atom stereocenters. The number of amides is 1. The molecule has 6 heteroatoms. The number of ether oxygens (including phenoxy) is 1. The predicted octanol–water partition coefficient (Wildman–Crippen LogP) is 3.11. The first-order chi connectivity index (χ1) is 11.8. The first-order valence-corrected chi connectivity index (χ1v) is 7.79. The second kappa shape index (κ2) is 7.70. The van der Waals surface area contributed by atoms with Crippen LogP contribution in [0.3, 0.4) is 0 Å². The van der Waals surface area contributed by atoms with Crippen LogP contribution in [0.2, 0.25) is 0 Å². The van der Waals surface area contributed by atoms with Gasteiger partial charge in [-0.15, -0.1) is 0 Å². The van der Waals surface area contributed by atoms with Crippen molar-refractivity contribution in [1.29, 1.82) is 0 Å². The topological polar surface area (TPSA) is 85.4 Å². The van der Waals surface area contributed by atoms with Gasteiger partial charge in [-0.05, 0) is 36.4 Å². The molecule has 0 fully saturated rings. The summed E-state index contributed by atoms with van der Waals surface area (Å²) < 4.78 is 5.00. The average molecular weight is 340 g/mol. The highest BCUT2D eigenvalue weighted by Crippen LogP contribution is 2.18. The van der Waals surface area contributed by atoms with E-state index >= 15 is 0 Å². The molecule has 6 nitrogen and oxygen atoms in total. The Hall–Kier alpha value is -3.02. The van der Waals surface area contributed by atoms with Crippen molar-refractivity contribution in [2.45, 2.75) is 20.8 Å². The number of nitrogens with zero attached hydrogens (tertiary/aromatic N) is 1. The third kappa shape index (κ3) is 5.24. The molecule has 0 aliphatic rings. The third-order valence-corrected chi connectivity index (χ3v) is 3.40. The minimum Gasteiger partial charge on any atom is -0.454 e. The van der Waals surface area contributed by atoms with Gasteiger partial charge >= 0.3 is 5.97 Å². The van der Waals surface area contributed by atoms with Crippen molar-refractivity contribution >= 4 is 23.3 Å². The lowest BCUT2D eigenvalue weighted by molar-refractivity contribution is -0.123. The fourth-order valence-corrected chi connectivity index (χ4v) is 1.84. The number of hydrogen-bond acceptors (Lipinski definition) is 5. The SMILES string of the molecule is CC(C)(C)C(=O)Nc1ccc(C(=O)COC(=O)c2ccncc2)cc1. The first-order valence-electron chi connectivity index (χ1n) is 7.79. The highest BCUT2D eigenvalue weighted by molar-refractivity contribution is 6.00. The van der Waals surface area contributed by atoms with E-state index in [1.54, 1.807) is 24.3 Å². The van der Waals surface area contributed by atoms with Crippen LogP contribution in [0.25, 0.3) is 0 Å². The highest BCUT2D eigenvalue weighted by atomic mass is 16.5. The molecule has 0 saturated heterocycles. The summed E-state index contributed by atoms with van der Waals surface area (Å²) in [7, 11) is 0. The molecule has 0 atom stereocenters. The van der Waals surface area contributed by atoms with Crippen molar-refractivity contribution in [1.82, 2.24) is 4.98 Å². The Labute approximate surface area is 146 Å². The Morgan fingerprint density at radius 2 is 1.56 bits per heavy atom. The monoisotopic (exact) mass is 340 g/mol. The minimum absolute atomic E-state index is 0.113. The van der Waals surface area contributed by atoms with Crippen molar-refractivity contribution < 1.29 is 19.1 Å². The summed E-state index contributed by atoms with van der Waals surface area (Å²) >= 11 is 0. The lowest BCUT2D eigenvalue weighted by atomic mass is 9.95. The zero-order chi connectivity index (χ0) is 18.4. The Balaban J connectivity index is 1.92. The molecule has 2 rings (SSSR count). The Morgan fingerprint density at radius 3 is 2.12 bits per heavy atom. The summed E-state index contributed by atoms with van der Waals surface area (Å²) in [5, 5.41) is 2.78. The summed E-state index contributed by atoms with van der Waals surface area (Å²) in [6, 6.07) is 9.48. The van der Waals surface area contributed by atoms with Crippen LogP contribution in [0.4, 0.5) is 5.69 Å². The van der Waals surface area contributed by atoms with Gasteiger partial charge in [-0.1, -0.05) is 20.8 Å². The van der Waals surface area contributed by atoms with Gasteiger partial charge in [-0.3, -0.25) is 14.6 Å². The molecule has 1 aromatic carbocycles. The van der Waals surface area contributed by atoms with Crippen LogP contribution in [-0.4, -0.2) is 29.3 Å². The molecule has 0 saturated carbocycles. The van der Waals surface area contributed by atoms with Crippen molar-refractivity contribution in [2.75, 3.05) is 11.9 Å². The summed E-state index contributed by atoms with van der Waals surface area (Å²) in [6.07, 6.45) is 2.95. The number of anilines is 1. The van der Waals surface area contributed by atoms with Gasteiger partial charge < -0.3 is 10.1 Å². The number of nitrogens with one attached hydrogen (secondary N) is 1. The second-order valence-corrected chi connectivity index (χ2v) is 6.52. The molecule has 1 N–H and O–H groups in total. The molecule has 2 aromatic rings.